The van der Waals surface area contributed by atoms with Crippen molar-refractivity contribution in [2.24, 2.45) is 0 Å². The van der Waals surface area contributed by atoms with E-state index in [2.05, 4.69) is 0 Å². The molecule has 0 saturated carbocycles. The number of aliphatic hydroxyl groups is 2. The van der Waals surface area contributed by atoms with Crippen molar-refractivity contribution in [1.29, 1.82) is 0 Å². The van der Waals surface area contributed by atoms with E-state index in [0.717, 1.165) is 0 Å². The Labute approximate surface area is 98.1 Å². The molecule has 1 aromatic heterocycles. The average Bonchev–Trinajstić information content (AvgIpc) is 2.37. The number of hydrogen-bond donors (Lipinski definition) is 2. The normalized spacial score (nSPS) is 14.8. The van der Waals surface area contributed by atoms with Gasteiger partial charge in [0.2, 0.25) is 0 Å². The van der Waals surface area contributed by atoms with Gasteiger partial charge in [0, 0.05) is 0 Å². The van der Waals surface area contributed by atoms with E-state index in [1.165, 1.54) is 0 Å². The second-order valence-corrected chi connectivity index (χ2v) is 3.94. The van der Waals surface area contributed by atoms with Gasteiger partial charge in [-0.25, -0.2) is 4.79 Å². The van der Waals surface area contributed by atoms with Crippen molar-refractivity contribution in [2.45, 2.75) is 25.6 Å². The zero-order chi connectivity index (χ0) is 12.4. The van der Waals surface area contributed by atoms with Crippen LogP contribution in [-0.2, 0) is 0 Å². The summed E-state index contributed by atoms with van der Waals surface area (Å²) >= 11 is 0. The van der Waals surface area contributed by atoms with Crippen LogP contribution in [0.25, 0.3) is 10.8 Å². The van der Waals surface area contributed by atoms with Crippen LogP contribution in [0.4, 0.5) is 0 Å². The van der Waals surface area contributed by atoms with E-state index in [1.54, 1.807) is 37.3 Å². The molecule has 0 aliphatic rings. The van der Waals surface area contributed by atoms with Gasteiger partial charge in [0.05, 0.1) is 11.5 Å². The molecular formula is C13H14O4. The molecule has 0 amide bonds. The van der Waals surface area contributed by atoms with Crippen molar-refractivity contribution in [1.82, 2.24) is 0 Å². The summed E-state index contributed by atoms with van der Waals surface area (Å²) in [5, 5.41) is 20.5. The van der Waals surface area contributed by atoms with Crippen LogP contribution < -0.4 is 5.63 Å². The Kier molecular flexibility index (Phi) is 3.26. The summed E-state index contributed by atoms with van der Waals surface area (Å²) in [6.07, 6.45) is -1.71. The Hall–Kier alpha value is -1.65. The lowest BCUT2D eigenvalue weighted by molar-refractivity contribution is 0.00231. The molecule has 0 unspecified atom stereocenters. The Morgan fingerprint density at radius 3 is 2.71 bits per heavy atom. The lowest BCUT2D eigenvalue weighted by Gasteiger charge is -2.14. The highest BCUT2D eigenvalue weighted by Gasteiger charge is 2.20. The molecule has 2 atom stereocenters. The van der Waals surface area contributed by atoms with Crippen molar-refractivity contribution < 1.29 is 14.6 Å². The molecule has 2 aromatic rings. The minimum absolute atomic E-state index is 0.100. The largest absolute Gasteiger partial charge is 0.425 e. The Morgan fingerprint density at radius 1 is 1.29 bits per heavy atom. The van der Waals surface area contributed by atoms with Gasteiger partial charge < -0.3 is 14.6 Å². The minimum Gasteiger partial charge on any atom is -0.425 e. The molecule has 17 heavy (non-hydrogen) atoms. The highest BCUT2D eigenvalue weighted by Crippen LogP contribution is 2.21. The molecule has 0 aliphatic heterocycles. The molecule has 0 fully saturated rings. The molecule has 2 rings (SSSR count). The molecule has 2 N–H and O–H groups in total. The summed E-state index contributed by atoms with van der Waals surface area (Å²) in [6, 6.07) is 8.55. The average molecular weight is 234 g/mol. The lowest BCUT2D eigenvalue weighted by atomic mass is 10.1. The lowest BCUT2D eigenvalue weighted by Crippen LogP contribution is -2.18. The molecule has 4 nitrogen and oxygen atoms in total. The first-order valence-corrected chi connectivity index (χ1v) is 5.52. The smallest absolute Gasteiger partial charge is 0.343 e. The van der Waals surface area contributed by atoms with E-state index in [1.807, 2.05) is 0 Å². The standard InChI is InChI=1S/C13H14O4/c1-2-10(14)12(15)11-7-8-5-3-4-6-9(8)13(16)17-11/h3-7,10,12,14-15H,2H2,1H3/t10-,12-/m0/s1. The summed E-state index contributed by atoms with van der Waals surface area (Å²) < 4.78 is 5.01. The third kappa shape index (κ3) is 2.23. The maximum Gasteiger partial charge on any atom is 0.343 e. The molecular weight excluding hydrogens is 220 g/mol. The number of benzene rings is 1. The van der Waals surface area contributed by atoms with Crippen LogP contribution in [0.1, 0.15) is 25.2 Å². The zero-order valence-corrected chi connectivity index (χ0v) is 9.46. The molecule has 4 heteroatoms. The van der Waals surface area contributed by atoms with Crippen molar-refractivity contribution in [2.75, 3.05) is 0 Å². The molecule has 1 heterocycles. The van der Waals surface area contributed by atoms with Gasteiger partial charge in [0.1, 0.15) is 11.9 Å². The van der Waals surface area contributed by atoms with Crippen molar-refractivity contribution in [3.05, 3.63) is 46.5 Å². The minimum atomic E-state index is -1.17. The van der Waals surface area contributed by atoms with Crippen LogP contribution in [0, 0.1) is 0 Å². The molecule has 1 aromatic carbocycles. The van der Waals surface area contributed by atoms with Gasteiger partial charge in [-0.15, -0.1) is 0 Å². The Bertz CT molecular complexity index is 573. The fraction of sp³-hybridized carbons (Fsp3) is 0.308. The van der Waals surface area contributed by atoms with E-state index < -0.39 is 17.8 Å². The number of aliphatic hydroxyl groups excluding tert-OH is 2. The van der Waals surface area contributed by atoms with E-state index >= 15 is 0 Å². The number of fused-ring (bicyclic) bond motifs is 1. The van der Waals surface area contributed by atoms with Gasteiger partial charge in [-0.05, 0) is 23.9 Å². The summed E-state index contributed by atoms with van der Waals surface area (Å²) in [4.78, 5) is 11.7. The van der Waals surface area contributed by atoms with Crippen LogP contribution in [0.15, 0.2) is 39.5 Å². The first-order chi connectivity index (χ1) is 8.13. The maximum atomic E-state index is 11.7. The summed E-state index contributed by atoms with van der Waals surface area (Å²) in [5.74, 6) is 0.100. The van der Waals surface area contributed by atoms with Gasteiger partial charge in [0.25, 0.3) is 0 Å². The SMILES string of the molecule is CC[C@H](O)[C@H](O)c1cc2ccccc2c(=O)o1. The predicted octanol–water partition coefficient (Wildman–Crippen LogP) is 1.60. The highest BCUT2D eigenvalue weighted by atomic mass is 16.4. The fourth-order valence-corrected chi connectivity index (χ4v) is 1.71. The Balaban J connectivity index is 2.54. The van der Waals surface area contributed by atoms with Crippen molar-refractivity contribution >= 4 is 10.8 Å². The van der Waals surface area contributed by atoms with Crippen LogP contribution in [-0.4, -0.2) is 16.3 Å². The maximum absolute atomic E-state index is 11.7. The van der Waals surface area contributed by atoms with Gasteiger partial charge in [-0.2, -0.15) is 0 Å². The highest BCUT2D eigenvalue weighted by molar-refractivity contribution is 5.81. The number of rotatable bonds is 3. The van der Waals surface area contributed by atoms with Gasteiger partial charge in [0.15, 0.2) is 0 Å². The summed E-state index contributed by atoms with van der Waals surface area (Å²) in [5.41, 5.74) is -0.500. The van der Waals surface area contributed by atoms with Crippen molar-refractivity contribution in [3.63, 3.8) is 0 Å². The van der Waals surface area contributed by atoms with Crippen LogP contribution in [0.3, 0.4) is 0 Å². The number of hydrogen-bond acceptors (Lipinski definition) is 4. The zero-order valence-electron chi connectivity index (χ0n) is 9.46. The van der Waals surface area contributed by atoms with E-state index in [-0.39, 0.29) is 5.76 Å². The molecule has 0 radical (unpaired) electrons. The second kappa shape index (κ2) is 4.69. The fourth-order valence-electron chi connectivity index (χ4n) is 1.71. The third-order valence-corrected chi connectivity index (χ3v) is 2.76. The van der Waals surface area contributed by atoms with Gasteiger partial charge in [-0.1, -0.05) is 25.1 Å². The monoisotopic (exact) mass is 234 g/mol. The van der Waals surface area contributed by atoms with Crippen LogP contribution in [0.2, 0.25) is 0 Å². The van der Waals surface area contributed by atoms with Crippen LogP contribution in [0.5, 0.6) is 0 Å². The molecule has 90 valence electrons. The van der Waals surface area contributed by atoms with Crippen molar-refractivity contribution in [3.8, 4) is 0 Å². The first-order valence-electron chi connectivity index (χ1n) is 5.52. The topological polar surface area (TPSA) is 70.7 Å². The summed E-state index contributed by atoms with van der Waals surface area (Å²) in [6.45, 7) is 1.74. The van der Waals surface area contributed by atoms with E-state index in [9.17, 15) is 15.0 Å². The van der Waals surface area contributed by atoms with Crippen LogP contribution >= 0.6 is 0 Å². The van der Waals surface area contributed by atoms with E-state index in [0.29, 0.717) is 17.2 Å². The Morgan fingerprint density at radius 2 is 2.00 bits per heavy atom. The first kappa shape index (κ1) is 11.8. The summed E-state index contributed by atoms with van der Waals surface area (Å²) in [7, 11) is 0. The molecule has 0 bridgehead atoms. The third-order valence-electron chi connectivity index (χ3n) is 2.76. The second-order valence-electron chi connectivity index (χ2n) is 3.94. The quantitative estimate of drug-likeness (QED) is 0.846. The van der Waals surface area contributed by atoms with E-state index in [4.69, 9.17) is 4.42 Å². The van der Waals surface area contributed by atoms with Gasteiger partial charge >= 0.3 is 5.63 Å². The molecule has 0 aliphatic carbocycles. The molecule has 0 saturated heterocycles. The molecule has 0 spiro atoms. The van der Waals surface area contributed by atoms with Gasteiger partial charge in [-0.3, -0.25) is 0 Å². The predicted molar refractivity (Wildman–Crippen MR) is 63.7 cm³/mol.